The Balaban J connectivity index is 4.27. The molecule has 3 heteroatoms. The van der Waals surface area contributed by atoms with Crippen LogP contribution in [0, 0.1) is 28.1 Å². The van der Waals surface area contributed by atoms with E-state index in [1.165, 1.54) is 0 Å². The van der Waals surface area contributed by atoms with E-state index in [1.54, 1.807) is 0 Å². The molecule has 0 rings (SSSR count). The molecule has 0 N–H and O–H groups in total. The maximum absolute atomic E-state index is 11.4. The molecule has 0 aliphatic rings. The zero-order valence-corrected chi connectivity index (χ0v) is 12.3. The van der Waals surface area contributed by atoms with Gasteiger partial charge in [-0.15, -0.1) is 5.54 Å². The minimum Gasteiger partial charge on any atom is -0.245 e. The van der Waals surface area contributed by atoms with Crippen molar-refractivity contribution < 1.29 is 4.21 Å². The Morgan fingerprint density at radius 1 is 1.20 bits per heavy atom. The van der Waals surface area contributed by atoms with Crippen molar-refractivity contribution >= 4 is 18.9 Å². The van der Waals surface area contributed by atoms with Crippen molar-refractivity contribution in [2.45, 2.75) is 40.4 Å². The lowest BCUT2D eigenvalue weighted by atomic mass is 9.99. The molecule has 0 radical (unpaired) electrons. The zero-order valence-electron chi connectivity index (χ0n) is 10.5. The Hall–Kier alpha value is -0.513. The highest BCUT2D eigenvalue weighted by molar-refractivity contribution is 7.90. The highest BCUT2D eigenvalue weighted by Crippen LogP contribution is 2.09. The second kappa shape index (κ2) is 5.54. The SMILES string of the molecule is CC(C)(C)C#CS(=O)CC#C[Si](C)(C)C. The maximum Gasteiger partial charge on any atom is 0.129 e. The van der Waals surface area contributed by atoms with Gasteiger partial charge < -0.3 is 0 Å². The van der Waals surface area contributed by atoms with Gasteiger partial charge in [0.2, 0.25) is 0 Å². The smallest absolute Gasteiger partial charge is 0.129 e. The van der Waals surface area contributed by atoms with E-state index in [4.69, 9.17) is 0 Å². The van der Waals surface area contributed by atoms with Crippen LogP contribution in [0.15, 0.2) is 0 Å². The predicted molar refractivity (Wildman–Crippen MR) is 71.4 cm³/mol. The van der Waals surface area contributed by atoms with E-state index >= 15 is 0 Å². The van der Waals surface area contributed by atoms with Gasteiger partial charge in [0.05, 0.1) is 5.75 Å². The number of rotatable bonds is 1. The van der Waals surface area contributed by atoms with Crippen LogP contribution < -0.4 is 0 Å². The van der Waals surface area contributed by atoms with E-state index < -0.39 is 18.9 Å². The summed E-state index contributed by atoms with van der Waals surface area (Å²) >= 11 is 0. The Morgan fingerprint density at radius 3 is 2.13 bits per heavy atom. The molecule has 0 aromatic heterocycles. The van der Waals surface area contributed by atoms with Crippen LogP contribution in [0.5, 0.6) is 0 Å². The summed E-state index contributed by atoms with van der Waals surface area (Å²) < 4.78 is 11.4. The third kappa shape index (κ3) is 11.4. The van der Waals surface area contributed by atoms with E-state index in [-0.39, 0.29) is 5.41 Å². The summed E-state index contributed by atoms with van der Waals surface area (Å²) in [4.78, 5) is 0. The maximum atomic E-state index is 11.4. The van der Waals surface area contributed by atoms with Gasteiger partial charge in [0.15, 0.2) is 0 Å². The first-order chi connectivity index (χ1) is 6.60. The molecule has 0 aromatic carbocycles. The topological polar surface area (TPSA) is 17.1 Å². The fourth-order valence-electron chi connectivity index (χ4n) is 0.613. The van der Waals surface area contributed by atoms with Gasteiger partial charge in [0.1, 0.15) is 18.9 Å². The van der Waals surface area contributed by atoms with Crippen molar-refractivity contribution in [2.75, 3.05) is 5.75 Å². The first-order valence-electron chi connectivity index (χ1n) is 5.01. The molecule has 1 atom stereocenters. The lowest BCUT2D eigenvalue weighted by Gasteiger charge is -2.06. The van der Waals surface area contributed by atoms with E-state index in [1.807, 2.05) is 20.8 Å². The number of hydrogen-bond donors (Lipinski definition) is 0. The second-order valence-electron chi connectivity index (χ2n) is 5.52. The van der Waals surface area contributed by atoms with Crippen molar-refractivity contribution in [3.63, 3.8) is 0 Å². The van der Waals surface area contributed by atoms with Crippen LogP contribution in [-0.4, -0.2) is 18.0 Å². The monoisotopic (exact) mass is 240 g/mol. The van der Waals surface area contributed by atoms with E-state index in [9.17, 15) is 4.21 Å². The Labute approximate surface area is 97.5 Å². The van der Waals surface area contributed by atoms with Crippen LogP contribution in [-0.2, 0) is 10.8 Å². The molecule has 1 unspecified atom stereocenters. The average Bonchev–Trinajstić information content (AvgIpc) is 1.97. The third-order valence-corrected chi connectivity index (χ3v) is 2.87. The summed E-state index contributed by atoms with van der Waals surface area (Å²) in [6.45, 7) is 12.5. The summed E-state index contributed by atoms with van der Waals surface area (Å²) in [6.07, 6.45) is 0. The molecule has 0 saturated carbocycles. The van der Waals surface area contributed by atoms with Gasteiger partial charge in [0, 0.05) is 5.41 Å². The van der Waals surface area contributed by atoms with Crippen LogP contribution in [0.25, 0.3) is 0 Å². The lowest BCUT2D eigenvalue weighted by molar-refractivity contribution is 0.571. The molecule has 0 bridgehead atoms. The van der Waals surface area contributed by atoms with Crippen molar-refractivity contribution in [3.8, 4) is 22.6 Å². The van der Waals surface area contributed by atoms with E-state index in [0.717, 1.165) is 0 Å². The molecule has 0 amide bonds. The predicted octanol–water partition coefficient (Wildman–Crippen LogP) is 2.62. The van der Waals surface area contributed by atoms with Crippen molar-refractivity contribution in [3.05, 3.63) is 0 Å². The Kier molecular flexibility index (Phi) is 5.35. The largest absolute Gasteiger partial charge is 0.245 e. The Bertz CT molecular complexity index is 350. The summed E-state index contributed by atoms with van der Waals surface area (Å²) in [7, 11) is -2.44. The fourth-order valence-corrected chi connectivity index (χ4v) is 2.06. The molecule has 0 spiro atoms. The summed E-state index contributed by atoms with van der Waals surface area (Å²) in [5.74, 6) is 6.32. The van der Waals surface area contributed by atoms with E-state index in [0.29, 0.717) is 5.75 Å². The summed E-state index contributed by atoms with van der Waals surface area (Å²) in [5.41, 5.74) is 3.10. The van der Waals surface area contributed by atoms with Gasteiger partial charge in [-0.3, -0.25) is 0 Å². The van der Waals surface area contributed by atoms with Crippen LogP contribution in [0.3, 0.4) is 0 Å². The molecule has 84 valence electrons. The summed E-state index contributed by atoms with van der Waals surface area (Å²) in [6, 6.07) is 0. The molecule has 0 heterocycles. The minimum absolute atomic E-state index is 0.0815. The first kappa shape index (κ1) is 14.5. The normalized spacial score (nSPS) is 13.2. The molecule has 0 aromatic rings. The van der Waals surface area contributed by atoms with Crippen molar-refractivity contribution in [1.29, 1.82) is 0 Å². The minimum atomic E-state index is -1.33. The third-order valence-electron chi connectivity index (χ3n) is 1.21. The van der Waals surface area contributed by atoms with E-state index in [2.05, 4.69) is 42.3 Å². The van der Waals surface area contributed by atoms with Crippen molar-refractivity contribution in [2.24, 2.45) is 5.41 Å². The molecule has 15 heavy (non-hydrogen) atoms. The molecule has 0 aliphatic heterocycles. The highest BCUT2D eigenvalue weighted by atomic mass is 32.2. The molecule has 0 fully saturated rings. The lowest BCUT2D eigenvalue weighted by Crippen LogP contribution is -2.16. The average molecular weight is 240 g/mol. The van der Waals surface area contributed by atoms with Gasteiger partial charge >= 0.3 is 0 Å². The Morgan fingerprint density at radius 2 is 1.73 bits per heavy atom. The van der Waals surface area contributed by atoms with Crippen LogP contribution in [0.1, 0.15) is 20.8 Å². The van der Waals surface area contributed by atoms with Gasteiger partial charge in [-0.2, -0.15) is 0 Å². The second-order valence-corrected chi connectivity index (χ2v) is 11.5. The molecule has 0 aliphatic carbocycles. The quantitative estimate of drug-likeness (QED) is 0.509. The fraction of sp³-hybridized carbons (Fsp3) is 0.667. The first-order valence-corrected chi connectivity index (χ1v) is 9.83. The van der Waals surface area contributed by atoms with Crippen molar-refractivity contribution in [1.82, 2.24) is 0 Å². The molecular formula is C12H20OSSi. The van der Waals surface area contributed by atoms with Gasteiger partial charge in [-0.05, 0) is 26.0 Å². The van der Waals surface area contributed by atoms with Crippen LogP contribution in [0.4, 0.5) is 0 Å². The number of hydrogen-bond acceptors (Lipinski definition) is 1. The standard InChI is InChI=1S/C12H20OSSi/c1-12(2,3)8-10-14(13)9-7-11-15(4,5)6/h9H2,1-6H3. The van der Waals surface area contributed by atoms with Crippen LogP contribution >= 0.6 is 0 Å². The van der Waals surface area contributed by atoms with Crippen LogP contribution in [0.2, 0.25) is 19.6 Å². The van der Waals surface area contributed by atoms with Gasteiger partial charge in [-0.1, -0.05) is 31.5 Å². The molecular weight excluding hydrogens is 220 g/mol. The van der Waals surface area contributed by atoms with Gasteiger partial charge in [-0.25, -0.2) is 4.21 Å². The van der Waals surface area contributed by atoms with Gasteiger partial charge in [0.25, 0.3) is 0 Å². The zero-order chi connectivity index (χ0) is 12.1. The molecule has 0 saturated heterocycles. The summed E-state index contributed by atoms with van der Waals surface area (Å²) in [5, 5.41) is 2.74. The highest BCUT2D eigenvalue weighted by Gasteiger charge is 2.07. The molecule has 1 nitrogen and oxygen atoms in total.